The highest BCUT2D eigenvalue weighted by molar-refractivity contribution is 5.93. The second kappa shape index (κ2) is 13.6. The average Bonchev–Trinajstić information content (AvgIpc) is 3.63. The summed E-state index contributed by atoms with van der Waals surface area (Å²) in [5.41, 5.74) is 2.82. The molecule has 0 spiro atoms. The molecule has 3 aromatic rings. The Morgan fingerprint density at radius 1 is 1.12 bits per heavy atom. The van der Waals surface area contributed by atoms with Crippen molar-refractivity contribution in [2.45, 2.75) is 72.0 Å². The highest BCUT2D eigenvalue weighted by Gasteiger charge is 2.41. The third kappa shape index (κ3) is 7.73. The predicted molar refractivity (Wildman–Crippen MR) is 167 cm³/mol. The van der Waals surface area contributed by atoms with Crippen LogP contribution >= 0.6 is 0 Å². The number of carbonyl (C=O) groups is 3. The Labute approximate surface area is 254 Å². The number of nitrogens with zero attached hydrogens (tertiary/aromatic N) is 4. The normalized spacial score (nSPS) is 16.6. The topological polar surface area (TPSA) is 108 Å². The van der Waals surface area contributed by atoms with Gasteiger partial charge in [0.2, 0.25) is 11.8 Å². The van der Waals surface area contributed by atoms with E-state index in [1.165, 1.54) is 5.56 Å². The number of ether oxygens (including phenoxy) is 1. The number of imidazole rings is 1. The van der Waals surface area contributed by atoms with Crippen molar-refractivity contribution >= 4 is 23.4 Å². The van der Waals surface area contributed by atoms with Gasteiger partial charge in [0.25, 0.3) is 5.91 Å². The average molecular weight is 591 g/mol. The molecular formula is C33H46N6O4. The SMILES string of the molecule is CN[C@@H](C)C(=O)N[C@H](C(=O)N1CCC[C@H]1CN(CCc1ccc(C)cc1)C(=O)c1cn2cc(OC)ccc2n1)C(C)(C)C. The van der Waals surface area contributed by atoms with Gasteiger partial charge in [0, 0.05) is 31.9 Å². The first-order chi connectivity index (χ1) is 20.4. The Morgan fingerprint density at radius 2 is 1.84 bits per heavy atom. The minimum Gasteiger partial charge on any atom is -0.495 e. The summed E-state index contributed by atoms with van der Waals surface area (Å²) in [6.45, 7) is 11.1. The van der Waals surface area contributed by atoms with E-state index in [-0.39, 0.29) is 23.8 Å². The molecule has 43 heavy (non-hydrogen) atoms. The van der Waals surface area contributed by atoms with Crippen molar-refractivity contribution in [3.8, 4) is 5.75 Å². The number of benzene rings is 1. The number of carbonyl (C=O) groups excluding carboxylic acids is 3. The molecule has 3 atom stereocenters. The number of amides is 3. The van der Waals surface area contributed by atoms with E-state index in [2.05, 4.69) is 46.8 Å². The molecule has 1 saturated heterocycles. The number of pyridine rings is 1. The lowest BCUT2D eigenvalue weighted by Crippen LogP contribution is -2.59. The molecule has 2 N–H and O–H groups in total. The molecule has 10 nitrogen and oxygen atoms in total. The lowest BCUT2D eigenvalue weighted by Gasteiger charge is -2.37. The van der Waals surface area contributed by atoms with Crippen LogP contribution in [0, 0.1) is 12.3 Å². The van der Waals surface area contributed by atoms with Crippen LogP contribution in [0.4, 0.5) is 0 Å². The molecule has 1 fully saturated rings. The highest BCUT2D eigenvalue weighted by Crippen LogP contribution is 2.27. The first-order valence-electron chi connectivity index (χ1n) is 15.1. The van der Waals surface area contributed by atoms with Crippen molar-refractivity contribution in [1.82, 2.24) is 29.8 Å². The monoisotopic (exact) mass is 590 g/mol. The number of aryl methyl sites for hydroxylation is 1. The van der Waals surface area contributed by atoms with Crippen LogP contribution < -0.4 is 15.4 Å². The third-order valence-electron chi connectivity index (χ3n) is 8.27. The highest BCUT2D eigenvalue weighted by atomic mass is 16.5. The molecule has 0 bridgehead atoms. The second-order valence-electron chi connectivity index (χ2n) is 12.6. The molecule has 4 rings (SSSR count). The van der Waals surface area contributed by atoms with Gasteiger partial charge in [0.15, 0.2) is 0 Å². The van der Waals surface area contributed by atoms with Crippen LogP contribution in [0.25, 0.3) is 5.65 Å². The van der Waals surface area contributed by atoms with Crippen LogP contribution in [-0.4, -0.2) is 88.8 Å². The maximum Gasteiger partial charge on any atom is 0.274 e. The molecule has 2 aromatic heterocycles. The van der Waals surface area contributed by atoms with Crippen LogP contribution in [0.5, 0.6) is 5.75 Å². The minimum absolute atomic E-state index is 0.114. The van der Waals surface area contributed by atoms with Crippen molar-refractivity contribution in [2.75, 3.05) is 33.8 Å². The Hall–Kier alpha value is -3.92. The maximum absolute atomic E-state index is 14.0. The molecule has 232 valence electrons. The summed E-state index contributed by atoms with van der Waals surface area (Å²) in [5, 5.41) is 5.93. The summed E-state index contributed by atoms with van der Waals surface area (Å²) in [6.07, 6.45) is 5.81. The fourth-order valence-corrected chi connectivity index (χ4v) is 5.43. The van der Waals surface area contributed by atoms with Gasteiger partial charge in [0.05, 0.1) is 19.3 Å². The van der Waals surface area contributed by atoms with Crippen molar-refractivity contribution < 1.29 is 19.1 Å². The largest absolute Gasteiger partial charge is 0.495 e. The fraction of sp³-hybridized carbons (Fsp3) is 0.515. The number of hydrogen-bond donors (Lipinski definition) is 2. The Balaban J connectivity index is 1.58. The lowest BCUT2D eigenvalue weighted by atomic mass is 9.85. The van der Waals surface area contributed by atoms with E-state index >= 15 is 0 Å². The van der Waals surface area contributed by atoms with E-state index in [1.54, 1.807) is 37.9 Å². The van der Waals surface area contributed by atoms with Crippen molar-refractivity contribution in [3.05, 3.63) is 65.6 Å². The van der Waals surface area contributed by atoms with Gasteiger partial charge in [0.1, 0.15) is 23.1 Å². The minimum atomic E-state index is -0.693. The van der Waals surface area contributed by atoms with Crippen molar-refractivity contribution in [1.29, 1.82) is 0 Å². The smallest absolute Gasteiger partial charge is 0.274 e. The van der Waals surface area contributed by atoms with Crippen LogP contribution in [0.2, 0.25) is 0 Å². The number of methoxy groups -OCH3 is 1. The van der Waals surface area contributed by atoms with Gasteiger partial charge in [-0.3, -0.25) is 14.4 Å². The molecule has 0 radical (unpaired) electrons. The Bertz CT molecular complexity index is 1430. The van der Waals surface area contributed by atoms with Gasteiger partial charge in [-0.05, 0) is 63.3 Å². The van der Waals surface area contributed by atoms with E-state index in [0.29, 0.717) is 43.1 Å². The third-order valence-corrected chi connectivity index (χ3v) is 8.27. The molecule has 3 amide bonds. The summed E-state index contributed by atoms with van der Waals surface area (Å²) in [6, 6.07) is 10.7. The fourth-order valence-electron chi connectivity index (χ4n) is 5.43. The summed E-state index contributed by atoms with van der Waals surface area (Å²) >= 11 is 0. The zero-order valence-corrected chi connectivity index (χ0v) is 26.5. The molecule has 1 aliphatic heterocycles. The number of likely N-dealkylation sites (N-methyl/N-ethyl adjacent to an activating group) is 1. The van der Waals surface area contributed by atoms with E-state index in [9.17, 15) is 14.4 Å². The number of nitrogens with one attached hydrogen (secondary N) is 2. The molecule has 10 heteroatoms. The number of likely N-dealkylation sites (tertiary alicyclic amines) is 1. The molecule has 1 aromatic carbocycles. The standard InChI is InChI=1S/C33H46N6O4/c1-22-10-12-24(13-11-22)16-18-37(31(41)27-21-38-20-26(43-7)14-15-28(38)35-27)19-25-9-8-17-39(25)32(42)29(33(3,4)5)36-30(40)23(2)34-6/h10-15,20-21,23,25,29,34H,8-9,16-19H2,1-7H3,(H,36,40)/t23-,25-,29+/m0/s1. The molecule has 0 saturated carbocycles. The van der Waals surface area contributed by atoms with Gasteiger partial charge in [-0.25, -0.2) is 4.98 Å². The first kappa shape index (κ1) is 32.0. The second-order valence-corrected chi connectivity index (χ2v) is 12.6. The predicted octanol–water partition coefficient (Wildman–Crippen LogP) is 3.47. The molecule has 1 aliphatic rings. The summed E-state index contributed by atoms with van der Waals surface area (Å²) in [4.78, 5) is 49.1. The van der Waals surface area contributed by atoms with Crippen LogP contribution in [0.3, 0.4) is 0 Å². The van der Waals surface area contributed by atoms with Crippen LogP contribution in [-0.2, 0) is 16.0 Å². The zero-order chi connectivity index (χ0) is 31.3. The molecule has 3 heterocycles. The Morgan fingerprint density at radius 3 is 2.49 bits per heavy atom. The Kier molecular flexibility index (Phi) is 10.1. The van der Waals surface area contributed by atoms with Gasteiger partial charge in [-0.15, -0.1) is 0 Å². The van der Waals surface area contributed by atoms with Gasteiger partial charge in [-0.2, -0.15) is 0 Å². The van der Waals surface area contributed by atoms with E-state index in [1.807, 2.05) is 42.7 Å². The molecular weight excluding hydrogens is 544 g/mol. The summed E-state index contributed by atoms with van der Waals surface area (Å²) < 4.78 is 7.12. The number of fused-ring (bicyclic) bond motifs is 1. The van der Waals surface area contributed by atoms with E-state index < -0.39 is 17.5 Å². The number of rotatable bonds is 11. The lowest BCUT2D eigenvalue weighted by molar-refractivity contribution is -0.140. The quantitative estimate of drug-likeness (QED) is 0.354. The van der Waals surface area contributed by atoms with Crippen molar-refractivity contribution in [2.24, 2.45) is 5.41 Å². The van der Waals surface area contributed by atoms with Crippen molar-refractivity contribution in [3.63, 3.8) is 0 Å². The number of hydrogen-bond acceptors (Lipinski definition) is 6. The zero-order valence-electron chi connectivity index (χ0n) is 26.5. The summed E-state index contributed by atoms with van der Waals surface area (Å²) in [5.74, 6) is 0.157. The van der Waals surface area contributed by atoms with Gasteiger partial charge in [-0.1, -0.05) is 50.6 Å². The van der Waals surface area contributed by atoms with Gasteiger partial charge < -0.3 is 29.6 Å². The first-order valence-corrected chi connectivity index (χ1v) is 15.1. The summed E-state index contributed by atoms with van der Waals surface area (Å²) in [7, 11) is 3.32. The molecule has 0 unspecified atom stereocenters. The van der Waals surface area contributed by atoms with Gasteiger partial charge >= 0.3 is 0 Å². The molecule has 0 aliphatic carbocycles. The van der Waals surface area contributed by atoms with E-state index in [0.717, 1.165) is 18.4 Å². The number of aromatic nitrogens is 2. The maximum atomic E-state index is 14.0. The van der Waals surface area contributed by atoms with Crippen LogP contribution in [0.1, 0.15) is 62.2 Å². The van der Waals surface area contributed by atoms with Crippen LogP contribution in [0.15, 0.2) is 48.8 Å². The van der Waals surface area contributed by atoms with E-state index in [4.69, 9.17) is 4.74 Å².